The molecule has 0 bridgehead atoms. The van der Waals surface area contributed by atoms with Crippen molar-refractivity contribution < 1.29 is 14.7 Å². The third-order valence-electron chi connectivity index (χ3n) is 2.91. The van der Waals surface area contributed by atoms with Crippen LogP contribution < -0.4 is 4.74 Å². The Bertz CT molecular complexity index is 429. The minimum atomic E-state index is 0.0154. The van der Waals surface area contributed by atoms with Crippen molar-refractivity contribution in [2.75, 3.05) is 13.7 Å². The van der Waals surface area contributed by atoms with Gasteiger partial charge >= 0.3 is 0 Å². The predicted molar refractivity (Wildman–Crippen MR) is 65.1 cm³/mol. The number of methoxy groups -OCH3 is 1. The molecule has 1 unspecified atom stereocenters. The van der Waals surface area contributed by atoms with E-state index in [1.165, 1.54) is 0 Å². The monoisotopic (exact) mass is 235 g/mol. The van der Waals surface area contributed by atoms with Crippen LogP contribution >= 0.6 is 0 Å². The lowest BCUT2D eigenvalue weighted by molar-refractivity contribution is 0.0915. The van der Waals surface area contributed by atoms with Crippen LogP contribution in [0.25, 0.3) is 0 Å². The summed E-state index contributed by atoms with van der Waals surface area (Å²) in [6.45, 7) is 2.53. The maximum absolute atomic E-state index is 8.90. The highest BCUT2D eigenvalue weighted by Crippen LogP contribution is 2.31. The molecular formula is C13H17NO3. The SMILES string of the molecule is COCC(C)Oc1cccc2c1CCC2=NO. The Morgan fingerprint density at radius 2 is 2.24 bits per heavy atom. The first-order chi connectivity index (χ1) is 8.26. The van der Waals surface area contributed by atoms with Gasteiger partial charge in [0.2, 0.25) is 0 Å². The molecule has 0 aliphatic heterocycles. The van der Waals surface area contributed by atoms with Crippen LogP contribution in [-0.2, 0) is 11.2 Å². The number of nitrogens with zero attached hydrogens (tertiary/aromatic N) is 1. The molecule has 0 aromatic heterocycles. The molecule has 0 fully saturated rings. The normalized spacial score (nSPS) is 18.1. The van der Waals surface area contributed by atoms with Crippen LogP contribution in [0.15, 0.2) is 23.4 Å². The van der Waals surface area contributed by atoms with Gasteiger partial charge in [0.25, 0.3) is 0 Å². The highest BCUT2D eigenvalue weighted by atomic mass is 16.5. The minimum Gasteiger partial charge on any atom is -0.488 e. The Morgan fingerprint density at radius 3 is 2.94 bits per heavy atom. The highest BCUT2D eigenvalue weighted by Gasteiger charge is 2.22. The fourth-order valence-corrected chi connectivity index (χ4v) is 2.17. The first-order valence-electron chi connectivity index (χ1n) is 5.75. The zero-order valence-electron chi connectivity index (χ0n) is 10.1. The molecule has 92 valence electrons. The standard InChI is InChI=1S/C13H17NO3/c1-9(8-16-2)17-13-5-3-4-10-11(13)6-7-12(10)14-15/h3-5,9,15H,6-8H2,1-2H3. The van der Waals surface area contributed by atoms with Gasteiger partial charge in [0.05, 0.1) is 12.3 Å². The summed E-state index contributed by atoms with van der Waals surface area (Å²) in [4.78, 5) is 0. The van der Waals surface area contributed by atoms with Crippen molar-refractivity contribution in [3.63, 3.8) is 0 Å². The molecular weight excluding hydrogens is 218 g/mol. The minimum absolute atomic E-state index is 0.0154. The zero-order chi connectivity index (χ0) is 12.3. The molecule has 1 atom stereocenters. The Morgan fingerprint density at radius 1 is 1.41 bits per heavy atom. The molecule has 1 aliphatic carbocycles. The van der Waals surface area contributed by atoms with Gasteiger partial charge in [-0.2, -0.15) is 0 Å². The number of ether oxygens (including phenoxy) is 2. The van der Waals surface area contributed by atoms with E-state index in [1.807, 2.05) is 25.1 Å². The van der Waals surface area contributed by atoms with E-state index in [-0.39, 0.29) is 6.10 Å². The summed E-state index contributed by atoms with van der Waals surface area (Å²) < 4.78 is 10.9. The smallest absolute Gasteiger partial charge is 0.123 e. The molecule has 4 nitrogen and oxygen atoms in total. The van der Waals surface area contributed by atoms with E-state index in [1.54, 1.807) is 7.11 Å². The number of oxime groups is 1. The van der Waals surface area contributed by atoms with Gasteiger partial charge in [0.1, 0.15) is 11.9 Å². The van der Waals surface area contributed by atoms with Crippen molar-refractivity contribution in [1.82, 2.24) is 0 Å². The molecule has 0 heterocycles. The first-order valence-corrected chi connectivity index (χ1v) is 5.75. The van der Waals surface area contributed by atoms with Crippen LogP contribution in [0.5, 0.6) is 5.75 Å². The fourth-order valence-electron chi connectivity index (χ4n) is 2.17. The molecule has 0 radical (unpaired) electrons. The fraction of sp³-hybridized carbons (Fsp3) is 0.462. The third-order valence-corrected chi connectivity index (χ3v) is 2.91. The molecule has 0 amide bonds. The average molecular weight is 235 g/mol. The maximum atomic E-state index is 8.90. The lowest BCUT2D eigenvalue weighted by Gasteiger charge is -2.16. The molecule has 0 saturated heterocycles. The number of rotatable bonds is 4. The largest absolute Gasteiger partial charge is 0.488 e. The van der Waals surface area contributed by atoms with Crippen LogP contribution in [0, 0.1) is 0 Å². The first kappa shape index (κ1) is 11.9. The maximum Gasteiger partial charge on any atom is 0.123 e. The number of benzene rings is 1. The molecule has 0 saturated carbocycles. The Hall–Kier alpha value is -1.55. The van der Waals surface area contributed by atoms with Crippen LogP contribution in [0.1, 0.15) is 24.5 Å². The van der Waals surface area contributed by atoms with Crippen molar-refractivity contribution in [2.24, 2.45) is 5.16 Å². The van der Waals surface area contributed by atoms with E-state index in [4.69, 9.17) is 14.7 Å². The summed E-state index contributed by atoms with van der Waals surface area (Å²) in [5.74, 6) is 0.866. The van der Waals surface area contributed by atoms with Gasteiger partial charge < -0.3 is 14.7 Å². The molecule has 0 spiro atoms. The van der Waals surface area contributed by atoms with Crippen LogP contribution in [0.3, 0.4) is 0 Å². The lowest BCUT2D eigenvalue weighted by atomic mass is 10.1. The quantitative estimate of drug-likeness (QED) is 0.643. The van der Waals surface area contributed by atoms with Gasteiger partial charge in [-0.3, -0.25) is 0 Å². The Balaban J connectivity index is 2.23. The van der Waals surface area contributed by atoms with E-state index in [2.05, 4.69) is 5.16 Å². The predicted octanol–water partition coefficient (Wildman–Crippen LogP) is 2.22. The third kappa shape index (κ3) is 2.42. The van der Waals surface area contributed by atoms with Crippen molar-refractivity contribution in [3.8, 4) is 5.75 Å². The molecule has 1 aliphatic rings. The second kappa shape index (κ2) is 5.19. The van der Waals surface area contributed by atoms with E-state index in [0.717, 1.165) is 35.4 Å². The summed E-state index contributed by atoms with van der Waals surface area (Å²) in [6.07, 6.45) is 1.65. The van der Waals surface area contributed by atoms with Crippen LogP contribution in [-0.4, -0.2) is 30.7 Å². The van der Waals surface area contributed by atoms with Gasteiger partial charge in [-0.15, -0.1) is 0 Å². The summed E-state index contributed by atoms with van der Waals surface area (Å²) in [5.41, 5.74) is 2.86. The van der Waals surface area contributed by atoms with Gasteiger partial charge in [0, 0.05) is 18.2 Å². The summed E-state index contributed by atoms with van der Waals surface area (Å²) in [5, 5.41) is 12.2. The van der Waals surface area contributed by atoms with Crippen molar-refractivity contribution >= 4 is 5.71 Å². The van der Waals surface area contributed by atoms with Crippen molar-refractivity contribution in [1.29, 1.82) is 0 Å². The highest BCUT2D eigenvalue weighted by molar-refractivity contribution is 6.04. The second-order valence-electron chi connectivity index (χ2n) is 4.21. The Labute approximate surface area is 101 Å². The van der Waals surface area contributed by atoms with Crippen LogP contribution in [0.4, 0.5) is 0 Å². The van der Waals surface area contributed by atoms with E-state index in [0.29, 0.717) is 6.61 Å². The summed E-state index contributed by atoms with van der Waals surface area (Å²) >= 11 is 0. The van der Waals surface area contributed by atoms with Gasteiger partial charge in [0.15, 0.2) is 0 Å². The molecule has 1 aromatic rings. The van der Waals surface area contributed by atoms with Crippen molar-refractivity contribution in [3.05, 3.63) is 29.3 Å². The second-order valence-corrected chi connectivity index (χ2v) is 4.21. The summed E-state index contributed by atoms with van der Waals surface area (Å²) in [6, 6.07) is 5.83. The number of fused-ring (bicyclic) bond motifs is 1. The molecule has 1 N–H and O–H groups in total. The number of hydrogen-bond acceptors (Lipinski definition) is 4. The summed E-state index contributed by atoms with van der Waals surface area (Å²) in [7, 11) is 1.66. The van der Waals surface area contributed by atoms with E-state index >= 15 is 0 Å². The molecule has 17 heavy (non-hydrogen) atoms. The Kier molecular flexibility index (Phi) is 3.64. The van der Waals surface area contributed by atoms with Gasteiger partial charge in [-0.1, -0.05) is 17.3 Å². The van der Waals surface area contributed by atoms with E-state index < -0.39 is 0 Å². The molecule has 2 rings (SSSR count). The zero-order valence-corrected chi connectivity index (χ0v) is 10.1. The van der Waals surface area contributed by atoms with E-state index in [9.17, 15) is 0 Å². The molecule has 1 aromatic carbocycles. The topological polar surface area (TPSA) is 51.0 Å². The lowest BCUT2D eigenvalue weighted by Crippen LogP contribution is -2.18. The van der Waals surface area contributed by atoms with Gasteiger partial charge in [-0.05, 0) is 25.8 Å². The van der Waals surface area contributed by atoms with Gasteiger partial charge in [-0.25, -0.2) is 0 Å². The number of hydrogen-bond donors (Lipinski definition) is 1. The average Bonchev–Trinajstić information content (AvgIpc) is 2.73. The molecule has 4 heteroatoms. The van der Waals surface area contributed by atoms with Crippen molar-refractivity contribution in [2.45, 2.75) is 25.9 Å². The van der Waals surface area contributed by atoms with Crippen LogP contribution in [0.2, 0.25) is 0 Å².